The summed E-state index contributed by atoms with van der Waals surface area (Å²) in [6, 6.07) is 1.92. The smallest absolute Gasteiger partial charge is 0.149 e. The van der Waals surface area contributed by atoms with E-state index in [0.29, 0.717) is 0 Å². The van der Waals surface area contributed by atoms with Crippen LogP contribution in [0.3, 0.4) is 0 Å². The molecule has 0 bridgehead atoms. The molecule has 0 aromatic heterocycles. The van der Waals surface area contributed by atoms with Crippen LogP contribution < -0.4 is 0 Å². The fraction of sp³-hybridized carbons (Fsp3) is 0.833. The van der Waals surface area contributed by atoms with Gasteiger partial charge in [-0.3, -0.25) is 0 Å². The average molecular weight is 161 g/mol. The van der Waals surface area contributed by atoms with E-state index in [1.54, 1.807) is 13.8 Å². The van der Waals surface area contributed by atoms with Crippen molar-refractivity contribution in [3.8, 4) is 6.07 Å². The van der Waals surface area contributed by atoms with E-state index in [0.717, 1.165) is 6.26 Å². The van der Waals surface area contributed by atoms with Crippen molar-refractivity contribution in [2.75, 3.05) is 12.0 Å². The van der Waals surface area contributed by atoms with Gasteiger partial charge in [0.25, 0.3) is 0 Å². The first-order valence-electron chi connectivity index (χ1n) is 2.86. The fourth-order valence-corrected chi connectivity index (χ4v) is 2.06. The second-order valence-electron chi connectivity index (χ2n) is 3.07. The maximum Gasteiger partial charge on any atom is 0.149 e. The third kappa shape index (κ3) is 4.33. The van der Waals surface area contributed by atoms with E-state index in [2.05, 4.69) is 0 Å². The zero-order valence-electron chi connectivity index (χ0n) is 6.38. The van der Waals surface area contributed by atoms with Gasteiger partial charge in [-0.1, -0.05) is 0 Å². The molecule has 0 radical (unpaired) electrons. The highest BCUT2D eigenvalue weighted by molar-refractivity contribution is 7.90. The fourth-order valence-electron chi connectivity index (χ4n) is 0.688. The molecule has 58 valence electrons. The quantitative estimate of drug-likeness (QED) is 0.595. The topological polar surface area (TPSA) is 57.9 Å². The van der Waals surface area contributed by atoms with Crippen LogP contribution in [-0.2, 0) is 9.84 Å². The molecule has 0 saturated carbocycles. The minimum absolute atomic E-state index is 0.0729. The summed E-state index contributed by atoms with van der Waals surface area (Å²) in [7, 11) is -3.02. The SMILES string of the molecule is CC(C)(C#N)CS(C)(=O)=O. The maximum absolute atomic E-state index is 10.7. The Morgan fingerprint density at radius 2 is 1.90 bits per heavy atom. The first kappa shape index (κ1) is 9.44. The zero-order chi connectivity index (χ0) is 8.41. The molecule has 0 N–H and O–H groups in total. The van der Waals surface area contributed by atoms with E-state index in [9.17, 15) is 8.42 Å². The van der Waals surface area contributed by atoms with Gasteiger partial charge in [-0.15, -0.1) is 0 Å². The minimum atomic E-state index is -3.02. The Labute approximate surface area is 61.6 Å². The molecule has 0 atom stereocenters. The van der Waals surface area contributed by atoms with Crippen molar-refractivity contribution >= 4 is 9.84 Å². The van der Waals surface area contributed by atoms with Crippen molar-refractivity contribution in [1.29, 1.82) is 5.26 Å². The summed E-state index contributed by atoms with van der Waals surface area (Å²) in [4.78, 5) is 0. The Kier molecular flexibility index (Phi) is 2.44. The Bertz CT molecular complexity index is 245. The lowest BCUT2D eigenvalue weighted by Crippen LogP contribution is -2.20. The maximum atomic E-state index is 10.7. The second-order valence-corrected chi connectivity index (χ2v) is 5.21. The summed E-state index contributed by atoms with van der Waals surface area (Å²) in [6.07, 6.45) is 1.13. The Morgan fingerprint density at radius 1 is 1.50 bits per heavy atom. The Hall–Kier alpha value is -0.560. The number of sulfone groups is 1. The Morgan fingerprint density at radius 3 is 2.00 bits per heavy atom. The highest BCUT2D eigenvalue weighted by Crippen LogP contribution is 2.14. The van der Waals surface area contributed by atoms with Crippen molar-refractivity contribution in [2.24, 2.45) is 5.41 Å². The number of hydrogen-bond donors (Lipinski definition) is 0. The monoisotopic (exact) mass is 161 g/mol. The van der Waals surface area contributed by atoms with E-state index in [4.69, 9.17) is 5.26 Å². The van der Waals surface area contributed by atoms with Crippen LogP contribution in [0.4, 0.5) is 0 Å². The lowest BCUT2D eigenvalue weighted by Gasteiger charge is -2.11. The number of hydrogen-bond acceptors (Lipinski definition) is 3. The molecule has 0 aliphatic heterocycles. The summed E-state index contributed by atoms with van der Waals surface area (Å²) in [5.41, 5.74) is -0.756. The minimum Gasteiger partial charge on any atom is -0.229 e. The molecule has 0 amide bonds. The van der Waals surface area contributed by atoms with E-state index in [-0.39, 0.29) is 5.75 Å². The number of nitriles is 1. The lowest BCUT2D eigenvalue weighted by molar-refractivity contribution is 0.535. The molecule has 3 nitrogen and oxygen atoms in total. The van der Waals surface area contributed by atoms with Gasteiger partial charge < -0.3 is 0 Å². The van der Waals surface area contributed by atoms with Crippen molar-refractivity contribution < 1.29 is 8.42 Å². The molecule has 0 aliphatic carbocycles. The number of nitrogens with zero attached hydrogens (tertiary/aromatic N) is 1. The summed E-state index contributed by atoms with van der Waals surface area (Å²) in [5.74, 6) is -0.0729. The molecule has 0 rings (SSSR count). The first-order valence-corrected chi connectivity index (χ1v) is 4.92. The van der Waals surface area contributed by atoms with Crippen LogP contribution in [-0.4, -0.2) is 20.4 Å². The molecule has 4 heteroatoms. The van der Waals surface area contributed by atoms with Crippen molar-refractivity contribution in [1.82, 2.24) is 0 Å². The molecule has 0 aromatic carbocycles. The van der Waals surface area contributed by atoms with Crippen LogP contribution in [0.25, 0.3) is 0 Å². The predicted molar refractivity (Wildman–Crippen MR) is 39.1 cm³/mol. The zero-order valence-corrected chi connectivity index (χ0v) is 7.20. The molecule has 0 heterocycles. The van der Waals surface area contributed by atoms with Gasteiger partial charge in [-0.05, 0) is 13.8 Å². The average Bonchev–Trinajstić information content (AvgIpc) is 1.60. The highest BCUT2D eigenvalue weighted by Gasteiger charge is 2.22. The summed E-state index contributed by atoms with van der Waals surface area (Å²) < 4.78 is 21.3. The van der Waals surface area contributed by atoms with Crippen LogP contribution in [0.5, 0.6) is 0 Å². The number of rotatable bonds is 2. The molecule has 0 spiro atoms. The van der Waals surface area contributed by atoms with E-state index in [1.807, 2.05) is 6.07 Å². The van der Waals surface area contributed by atoms with Crippen LogP contribution >= 0.6 is 0 Å². The molecule has 0 aromatic rings. The lowest BCUT2D eigenvalue weighted by atomic mass is 10.00. The van der Waals surface area contributed by atoms with Crippen molar-refractivity contribution in [2.45, 2.75) is 13.8 Å². The van der Waals surface area contributed by atoms with Gasteiger partial charge in [0.15, 0.2) is 0 Å². The predicted octanol–water partition coefficient (Wildman–Crippen LogP) is 0.581. The second kappa shape index (κ2) is 2.59. The molecule has 0 saturated heterocycles. The Balaban J connectivity index is 4.35. The summed E-state index contributed by atoms with van der Waals surface area (Å²) in [6.45, 7) is 3.21. The van der Waals surface area contributed by atoms with Crippen molar-refractivity contribution in [3.63, 3.8) is 0 Å². The van der Waals surface area contributed by atoms with Gasteiger partial charge in [-0.25, -0.2) is 8.42 Å². The van der Waals surface area contributed by atoms with E-state index >= 15 is 0 Å². The van der Waals surface area contributed by atoms with Gasteiger partial charge >= 0.3 is 0 Å². The van der Waals surface area contributed by atoms with Gasteiger partial charge in [0.05, 0.1) is 17.2 Å². The van der Waals surface area contributed by atoms with E-state index < -0.39 is 15.3 Å². The third-order valence-electron chi connectivity index (χ3n) is 0.926. The third-order valence-corrected chi connectivity index (χ3v) is 2.17. The van der Waals surface area contributed by atoms with Crippen LogP contribution in [0.2, 0.25) is 0 Å². The van der Waals surface area contributed by atoms with Gasteiger partial charge in [0.2, 0.25) is 0 Å². The highest BCUT2D eigenvalue weighted by atomic mass is 32.2. The molecular weight excluding hydrogens is 150 g/mol. The summed E-state index contributed by atoms with van der Waals surface area (Å²) >= 11 is 0. The molecule has 10 heavy (non-hydrogen) atoms. The van der Waals surface area contributed by atoms with Crippen LogP contribution in [0.15, 0.2) is 0 Å². The normalized spacial score (nSPS) is 12.6. The van der Waals surface area contributed by atoms with Gasteiger partial charge in [-0.2, -0.15) is 5.26 Å². The largest absolute Gasteiger partial charge is 0.229 e. The molecule has 0 unspecified atom stereocenters. The van der Waals surface area contributed by atoms with Gasteiger partial charge in [0, 0.05) is 6.26 Å². The van der Waals surface area contributed by atoms with E-state index in [1.165, 1.54) is 0 Å². The molecule has 0 aliphatic rings. The molecular formula is C6H11NO2S. The molecule has 0 fully saturated rings. The van der Waals surface area contributed by atoms with Crippen LogP contribution in [0, 0.1) is 16.7 Å². The van der Waals surface area contributed by atoms with Crippen molar-refractivity contribution in [3.05, 3.63) is 0 Å². The standard InChI is InChI=1S/C6H11NO2S/c1-6(2,4-7)5-10(3,8)9/h5H2,1-3H3. The first-order chi connectivity index (χ1) is 4.27. The van der Waals surface area contributed by atoms with Gasteiger partial charge in [0.1, 0.15) is 9.84 Å². The van der Waals surface area contributed by atoms with Crippen LogP contribution in [0.1, 0.15) is 13.8 Å². The summed E-state index contributed by atoms with van der Waals surface area (Å²) in [5, 5.41) is 8.44.